The molecule has 0 aliphatic carbocycles. The van der Waals surface area contributed by atoms with Gasteiger partial charge in [0, 0.05) is 0 Å². The van der Waals surface area contributed by atoms with Crippen molar-refractivity contribution in [1.82, 2.24) is 0 Å². The van der Waals surface area contributed by atoms with Crippen LogP contribution in [0.25, 0.3) is 0 Å². The highest BCUT2D eigenvalue weighted by molar-refractivity contribution is 5.70. The Labute approximate surface area is 86.3 Å². The second-order valence-corrected chi connectivity index (χ2v) is 2.55. The van der Waals surface area contributed by atoms with Crippen molar-refractivity contribution in [3.05, 3.63) is 23.8 Å². The monoisotopic (exact) mass is 194 g/mol. The van der Waals surface area contributed by atoms with E-state index in [1.807, 2.05) is 32.1 Å². The van der Waals surface area contributed by atoms with Gasteiger partial charge in [-0.05, 0) is 25.8 Å². The molecular formula is C12H18O2. The van der Waals surface area contributed by atoms with Crippen LogP contribution in [0.4, 0.5) is 0 Å². The molecule has 0 spiro atoms. The zero-order valence-electron chi connectivity index (χ0n) is 9.08. The van der Waals surface area contributed by atoms with E-state index in [2.05, 4.69) is 12.3 Å². The summed E-state index contributed by atoms with van der Waals surface area (Å²) >= 11 is 0. The lowest BCUT2D eigenvalue weighted by molar-refractivity contribution is -0.136. The summed E-state index contributed by atoms with van der Waals surface area (Å²) in [6, 6.07) is 0. The molecule has 0 amide bonds. The molecule has 2 heteroatoms. The average Bonchev–Trinajstić information content (AvgIpc) is 2.05. The molecule has 0 radical (unpaired) electrons. The Kier molecular flexibility index (Phi) is 12.3. The lowest BCUT2D eigenvalue weighted by Gasteiger charge is -1.95. The van der Waals surface area contributed by atoms with Crippen LogP contribution in [0, 0.1) is 12.3 Å². The molecule has 0 saturated carbocycles. The van der Waals surface area contributed by atoms with Gasteiger partial charge in [-0.3, -0.25) is 4.79 Å². The van der Waals surface area contributed by atoms with Crippen molar-refractivity contribution in [3.8, 4) is 12.3 Å². The first-order valence-electron chi connectivity index (χ1n) is 4.53. The minimum Gasteiger partial charge on any atom is -0.481 e. The number of hydrogen-bond donors (Lipinski definition) is 1. The predicted octanol–water partition coefficient (Wildman–Crippen LogP) is 3.01. The summed E-state index contributed by atoms with van der Waals surface area (Å²) in [7, 11) is 0. The number of aliphatic carboxylic acids is 1. The Bertz CT molecular complexity index is 242. The number of terminal acetylenes is 1. The maximum atomic E-state index is 10.3. The summed E-state index contributed by atoms with van der Waals surface area (Å²) in [6.45, 7) is 5.52. The number of allylic oxidation sites excluding steroid dienone is 3. The van der Waals surface area contributed by atoms with Gasteiger partial charge in [-0.15, -0.1) is 12.3 Å². The maximum absolute atomic E-state index is 10.3. The van der Waals surface area contributed by atoms with Gasteiger partial charge in [-0.25, -0.2) is 0 Å². The summed E-state index contributed by atoms with van der Waals surface area (Å²) in [5.74, 6) is 1.47. The smallest absolute Gasteiger partial charge is 0.307 e. The predicted molar refractivity (Wildman–Crippen MR) is 59.9 cm³/mol. The third kappa shape index (κ3) is 13.1. The van der Waals surface area contributed by atoms with Crippen LogP contribution in [-0.2, 0) is 4.79 Å². The van der Waals surface area contributed by atoms with E-state index in [1.165, 1.54) is 0 Å². The van der Waals surface area contributed by atoms with E-state index < -0.39 is 5.97 Å². The first kappa shape index (κ1) is 15.0. The quantitative estimate of drug-likeness (QED) is 0.551. The van der Waals surface area contributed by atoms with Crippen LogP contribution in [0.1, 0.15) is 33.6 Å². The van der Waals surface area contributed by atoms with Crippen LogP contribution in [-0.4, -0.2) is 11.1 Å². The SMILES string of the molecule is C#CC.C/C=C\C(=C/CC)CC(=O)O. The normalized spacial score (nSPS) is 10.3. The van der Waals surface area contributed by atoms with Crippen molar-refractivity contribution in [2.75, 3.05) is 0 Å². The van der Waals surface area contributed by atoms with Crippen molar-refractivity contribution in [2.45, 2.75) is 33.6 Å². The van der Waals surface area contributed by atoms with E-state index in [0.29, 0.717) is 0 Å². The van der Waals surface area contributed by atoms with Gasteiger partial charge in [0.05, 0.1) is 6.42 Å². The maximum Gasteiger partial charge on any atom is 0.307 e. The number of carboxylic acids is 1. The summed E-state index contributed by atoms with van der Waals surface area (Å²) in [5.41, 5.74) is 0.877. The largest absolute Gasteiger partial charge is 0.481 e. The van der Waals surface area contributed by atoms with Crippen LogP contribution in [0.15, 0.2) is 23.8 Å². The number of hydrogen-bond acceptors (Lipinski definition) is 1. The molecule has 0 aliphatic rings. The molecule has 1 N–H and O–H groups in total. The molecule has 0 rings (SSSR count). The van der Waals surface area contributed by atoms with E-state index in [-0.39, 0.29) is 6.42 Å². The average molecular weight is 194 g/mol. The fourth-order valence-corrected chi connectivity index (χ4v) is 0.850. The van der Waals surface area contributed by atoms with Gasteiger partial charge in [-0.2, -0.15) is 0 Å². The number of carboxylic acid groups (broad SMARTS) is 1. The molecular weight excluding hydrogens is 176 g/mol. The summed E-state index contributed by atoms with van der Waals surface area (Å²) in [5, 5.41) is 8.46. The van der Waals surface area contributed by atoms with Crippen molar-refractivity contribution < 1.29 is 9.90 Å². The molecule has 14 heavy (non-hydrogen) atoms. The first-order chi connectivity index (χ1) is 6.62. The molecule has 0 saturated heterocycles. The Morgan fingerprint density at radius 1 is 1.57 bits per heavy atom. The van der Waals surface area contributed by atoms with Gasteiger partial charge in [0.15, 0.2) is 0 Å². The highest BCUT2D eigenvalue weighted by atomic mass is 16.4. The highest BCUT2D eigenvalue weighted by Crippen LogP contribution is 2.04. The molecule has 0 aromatic rings. The summed E-state index contributed by atoms with van der Waals surface area (Å²) in [6.07, 6.45) is 11.2. The van der Waals surface area contributed by atoms with Crippen molar-refractivity contribution in [3.63, 3.8) is 0 Å². The first-order valence-corrected chi connectivity index (χ1v) is 4.53. The van der Waals surface area contributed by atoms with Crippen LogP contribution in [0.3, 0.4) is 0 Å². The molecule has 0 fully saturated rings. The standard InChI is InChI=1S/C9H14O2.C3H4/c1-3-5-8(6-4-2)7-9(10)11;1-3-2/h3,5-6H,4,7H2,1-2H3,(H,10,11);1H,2H3/b5-3-,8-6+;. The van der Waals surface area contributed by atoms with Gasteiger partial charge < -0.3 is 5.11 Å². The second-order valence-electron chi connectivity index (χ2n) is 2.55. The fourth-order valence-electron chi connectivity index (χ4n) is 0.850. The van der Waals surface area contributed by atoms with Crippen LogP contribution in [0.5, 0.6) is 0 Å². The van der Waals surface area contributed by atoms with Gasteiger partial charge in [0.2, 0.25) is 0 Å². The molecule has 0 aromatic carbocycles. The molecule has 0 aliphatic heterocycles. The molecule has 0 bridgehead atoms. The van der Waals surface area contributed by atoms with E-state index in [9.17, 15) is 4.79 Å². The number of rotatable bonds is 4. The minimum atomic E-state index is -0.775. The Morgan fingerprint density at radius 3 is 2.36 bits per heavy atom. The highest BCUT2D eigenvalue weighted by Gasteiger charge is 1.98. The molecule has 0 heterocycles. The van der Waals surface area contributed by atoms with Crippen molar-refractivity contribution in [2.24, 2.45) is 0 Å². The zero-order valence-corrected chi connectivity index (χ0v) is 9.08. The van der Waals surface area contributed by atoms with E-state index in [0.717, 1.165) is 12.0 Å². The molecule has 2 nitrogen and oxygen atoms in total. The fraction of sp³-hybridized carbons (Fsp3) is 0.417. The van der Waals surface area contributed by atoms with Crippen molar-refractivity contribution >= 4 is 5.97 Å². The van der Waals surface area contributed by atoms with E-state index in [4.69, 9.17) is 5.11 Å². The molecule has 0 atom stereocenters. The Morgan fingerprint density at radius 2 is 2.07 bits per heavy atom. The summed E-state index contributed by atoms with van der Waals surface area (Å²) < 4.78 is 0. The zero-order chi connectivity index (χ0) is 11.4. The van der Waals surface area contributed by atoms with Crippen LogP contribution in [0.2, 0.25) is 0 Å². The lowest BCUT2D eigenvalue weighted by Crippen LogP contribution is -1.95. The third-order valence-electron chi connectivity index (χ3n) is 1.20. The van der Waals surface area contributed by atoms with Crippen molar-refractivity contribution in [1.29, 1.82) is 0 Å². The van der Waals surface area contributed by atoms with Gasteiger partial charge in [-0.1, -0.05) is 25.2 Å². The topological polar surface area (TPSA) is 37.3 Å². The number of carbonyl (C=O) groups is 1. The molecule has 0 unspecified atom stereocenters. The van der Waals surface area contributed by atoms with Gasteiger partial charge >= 0.3 is 5.97 Å². The Balaban J connectivity index is 0. The minimum absolute atomic E-state index is 0.123. The third-order valence-corrected chi connectivity index (χ3v) is 1.20. The van der Waals surface area contributed by atoms with E-state index >= 15 is 0 Å². The van der Waals surface area contributed by atoms with E-state index in [1.54, 1.807) is 6.92 Å². The Hall–Kier alpha value is -1.49. The van der Waals surface area contributed by atoms with Crippen LogP contribution < -0.4 is 0 Å². The van der Waals surface area contributed by atoms with Crippen LogP contribution >= 0.6 is 0 Å². The van der Waals surface area contributed by atoms with Gasteiger partial charge in [0.1, 0.15) is 0 Å². The molecule has 78 valence electrons. The van der Waals surface area contributed by atoms with Gasteiger partial charge in [0.25, 0.3) is 0 Å². The lowest BCUT2D eigenvalue weighted by atomic mass is 10.1. The molecule has 0 aromatic heterocycles. The summed E-state index contributed by atoms with van der Waals surface area (Å²) in [4.78, 5) is 10.3. The second kappa shape index (κ2) is 11.5.